The average molecular weight is 508 g/mol. The normalized spacial score (nSPS) is 31.9. The van der Waals surface area contributed by atoms with Crippen molar-refractivity contribution >= 4 is 11.8 Å². The molecule has 1 aromatic rings. The Labute approximate surface area is 224 Å². The second-order valence-corrected chi connectivity index (χ2v) is 13.2. The summed E-state index contributed by atoms with van der Waals surface area (Å²) in [6, 6.07) is 8.56. The highest BCUT2D eigenvalue weighted by Gasteiger charge is 2.51. The number of nitrogens with zero attached hydrogens (tertiary/aromatic N) is 1. The molecule has 0 radical (unpaired) electrons. The van der Waals surface area contributed by atoms with Gasteiger partial charge in [0, 0.05) is 24.7 Å². The van der Waals surface area contributed by atoms with Crippen molar-refractivity contribution in [3.63, 3.8) is 0 Å². The van der Waals surface area contributed by atoms with Gasteiger partial charge < -0.3 is 15.5 Å². The summed E-state index contributed by atoms with van der Waals surface area (Å²) in [7, 11) is 0. The van der Waals surface area contributed by atoms with E-state index < -0.39 is 6.04 Å². The van der Waals surface area contributed by atoms with Gasteiger partial charge in [0.05, 0.1) is 0 Å². The molecule has 1 aromatic carbocycles. The number of amides is 2. The van der Waals surface area contributed by atoms with Crippen LogP contribution in [0.1, 0.15) is 107 Å². The third-order valence-corrected chi connectivity index (χ3v) is 10.2. The molecule has 37 heavy (non-hydrogen) atoms. The van der Waals surface area contributed by atoms with Crippen molar-refractivity contribution in [3.05, 3.63) is 35.4 Å². The summed E-state index contributed by atoms with van der Waals surface area (Å²) in [6.45, 7) is 9.15. The number of piperidine rings is 1. The van der Waals surface area contributed by atoms with Crippen LogP contribution >= 0.6 is 0 Å². The molecule has 204 valence electrons. The zero-order chi connectivity index (χ0) is 26.0. The zero-order valence-corrected chi connectivity index (χ0v) is 23.4. The van der Waals surface area contributed by atoms with Crippen LogP contribution in [0.5, 0.6) is 0 Å². The maximum absolute atomic E-state index is 13.1. The molecule has 4 bridgehead atoms. The van der Waals surface area contributed by atoms with E-state index >= 15 is 0 Å². The van der Waals surface area contributed by atoms with E-state index in [0.717, 1.165) is 30.7 Å². The molecule has 1 saturated heterocycles. The Morgan fingerprint density at radius 3 is 2.24 bits per heavy atom. The van der Waals surface area contributed by atoms with Gasteiger partial charge in [-0.25, -0.2) is 0 Å². The van der Waals surface area contributed by atoms with Crippen LogP contribution in [0.25, 0.3) is 0 Å². The van der Waals surface area contributed by atoms with Gasteiger partial charge in [0.25, 0.3) is 5.91 Å². The monoisotopic (exact) mass is 507 g/mol. The molecule has 0 spiro atoms. The molecule has 0 aromatic heterocycles. The Bertz CT molecular complexity index is 905. The molecule has 1 aliphatic heterocycles. The highest BCUT2D eigenvalue weighted by Crippen LogP contribution is 2.60. The highest BCUT2D eigenvalue weighted by atomic mass is 16.2. The van der Waals surface area contributed by atoms with E-state index in [4.69, 9.17) is 0 Å². The summed E-state index contributed by atoms with van der Waals surface area (Å²) >= 11 is 0. The fourth-order valence-electron chi connectivity index (χ4n) is 8.62. The Kier molecular flexibility index (Phi) is 8.28. The molecule has 4 saturated carbocycles. The van der Waals surface area contributed by atoms with Gasteiger partial charge in [-0.2, -0.15) is 0 Å². The molecule has 5 aliphatic rings. The van der Waals surface area contributed by atoms with E-state index in [0.29, 0.717) is 23.6 Å². The number of rotatable bonds is 10. The van der Waals surface area contributed by atoms with E-state index in [9.17, 15) is 9.59 Å². The first-order valence-electron chi connectivity index (χ1n) is 15.3. The standard InChI is InChI=1S/C32H49N3O2/c1-4-28-8-5-6-14-35(28)15-7-13-33-31(37)29(22(2)3)34-30(36)26-9-11-27(12-10-26)32-19-23-16-24(20-32)18-25(17-23)21-32/h9-12,22-25,28-29H,4-8,13-21H2,1-3H3,(H,33,37)(H,34,36)/t23?,24?,25?,28-,29+,32?/m0/s1. The van der Waals surface area contributed by atoms with Crippen molar-refractivity contribution in [2.75, 3.05) is 19.6 Å². The SMILES string of the molecule is CC[C@H]1CCCCN1CCCNC(=O)[C@H](NC(=O)c1ccc(C23CC4CC(CC(C4)C2)C3)cc1)C(C)C. The summed E-state index contributed by atoms with van der Waals surface area (Å²) in [4.78, 5) is 28.7. The van der Waals surface area contributed by atoms with Gasteiger partial charge in [-0.05, 0) is 118 Å². The van der Waals surface area contributed by atoms with Gasteiger partial charge >= 0.3 is 0 Å². The number of carbonyl (C=O) groups excluding carboxylic acids is 2. The van der Waals surface area contributed by atoms with Gasteiger partial charge in [-0.15, -0.1) is 0 Å². The maximum Gasteiger partial charge on any atom is 0.251 e. The minimum absolute atomic E-state index is 0.0295. The first-order chi connectivity index (χ1) is 17.9. The van der Waals surface area contributed by atoms with Crippen LogP contribution < -0.4 is 10.6 Å². The largest absolute Gasteiger partial charge is 0.354 e. The second-order valence-electron chi connectivity index (χ2n) is 13.2. The predicted molar refractivity (Wildman–Crippen MR) is 150 cm³/mol. The lowest BCUT2D eigenvalue weighted by molar-refractivity contribution is -0.123. The Balaban J connectivity index is 1.13. The number of benzene rings is 1. The van der Waals surface area contributed by atoms with Crippen molar-refractivity contribution in [1.29, 1.82) is 0 Å². The second kappa shape index (κ2) is 11.5. The molecular weight excluding hydrogens is 458 g/mol. The summed E-state index contributed by atoms with van der Waals surface area (Å²) in [6.07, 6.45) is 14.4. The summed E-state index contributed by atoms with van der Waals surface area (Å²) in [5.41, 5.74) is 2.43. The molecule has 2 amide bonds. The Hall–Kier alpha value is -1.88. The number of likely N-dealkylation sites (tertiary alicyclic amines) is 1. The minimum atomic E-state index is -0.520. The fourth-order valence-corrected chi connectivity index (χ4v) is 8.62. The lowest BCUT2D eigenvalue weighted by atomic mass is 9.48. The van der Waals surface area contributed by atoms with Crippen LogP contribution in [0.2, 0.25) is 0 Å². The molecule has 2 atom stereocenters. The van der Waals surface area contributed by atoms with Crippen molar-refractivity contribution in [2.45, 2.75) is 109 Å². The summed E-state index contributed by atoms with van der Waals surface area (Å²) in [5, 5.41) is 6.13. The molecule has 5 nitrogen and oxygen atoms in total. The van der Waals surface area contributed by atoms with E-state index in [1.807, 2.05) is 26.0 Å². The molecule has 5 fully saturated rings. The zero-order valence-electron chi connectivity index (χ0n) is 23.4. The van der Waals surface area contributed by atoms with Crippen molar-refractivity contribution in [2.24, 2.45) is 23.7 Å². The molecule has 0 unspecified atom stereocenters. The van der Waals surface area contributed by atoms with Gasteiger partial charge in [0.1, 0.15) is 6.04 Å². The first kappa shape index (κ1) is 26.7. The van der Waals surface area contributed by atoms with Gasteiger partial charge in [0.15, 0.2) is 0 Å². The lowest BCUT2D eigenvalue weighted by Crippen LogP contribution is -2.50. The van der Waals surface area contributed by atoms with Crippen molar-refractivity contribution < 1.29 is 9.59 Å². The summed E-state index contributed by atoms with van der Waals surface area (Å²) in [5.74, 6) is 2.54. The molecule has 5 heteroatoms. The maximum atomic E-state index is 13.1. The van der Waals surface area contributed by atoms with Gasteiger partial charge in [-0.1, -0.05) is 39.3 Å². The molecule has 1 heterocycles. The third-order valence-electron chi connectivity index (χ3n) is 10.2. The first-order valence-corrected chi connectivity index (χ1v) is 15.3. The van der Waals surface area contributed by atoms with Crippen molar-refractivity contribution in [3.8, 4) is 0 Å². The molecule has 4 aliphatic carbocycles. The van der Waals surface area contributed by atoms with E-state index in [-0.39, 0.29) is 17.7 Å². The van der Waals surface area contributed by atoms with Crippen LogP contribution in [0.15, 0.2) is 24.3 Å². The fraction of sp³-hybridized carbons (Fsp3) is 0.750. The number of nitrogens with one attached hydrogen (secondary N) is 2. The molecular formula is C32H49N3O2. The highest BCUT2D eigenvalue weighted by molar-refractivity contribution is 5.97. The topological polar surface area (TPSA) is 61.4 Å². The Morgan fingerprint density at radius 2 is 1.65 bits per heavy atom. The van der Waals surface area contributed by atoms with Crippen LogP contribution in [-0.4, -0.2) is 48.4 Å². The van der Waals surface area contributed by atoms with Crippen molar-refractivity contribution in [1.82, 2.24) is 15.5 Å². The number of hydrogen-bond acceptors (Lipinski definition) is 3. The van der Waals surface area contributed by atoms with Crippen LogP contribution in [-0.2, 0) is 10.2 Å². The van der Waals surface area contributed by atoms with Crippen LogP contribution in [0, 0.1) is 23.7 Å². The third kappa shape index (κ3) is 5.92. The van der Waals surface area contributed by atoms with E-state index in [2.05, 4.69) is 34.6 Å². The molecule has 6 rings (SSSR count). The number of hydrogen-bond donors (Lipinski definition) is 2. The Morgan fingerprint density at radius 1 is 1.00 bits per heavy atom. The van der Waals surface area contributed by atoms with Crippen LogP contribution in [0.3, 0.4) is 0 Å². The van der Waals surface area contributed by atoms with Gasteiger partial charge in [0.2, 0.25) is 5.91 Å². The van der Waals surface area contributed by atoms with Crippen LogP contribution in [0.4, 0.5) is 0 Å². The predicted octanol–water partition coefficient (Wildman–Crippen LogP) is 5.68. The molecule has 2 N–H and O–H groups in total. The van der Waals surface area contributed by atoms with E-state index in [1.54, 1.807) is 0 Å². The average Bonchev–Trinajstić information content (AvgIpc) is 2.89. The smallest absolute Gasteiger partial charge is 0.251 e. The minimum Gasteiger partial charge on any atom is -0.354 e. The summed E-state index contributed by atoms with van der Waals surface area (Å²) < 4.78 is 0. The van der Waals surface area contributed by atoms with E-state index in [1.165, 1.54) is 76.3 Å². The number of carbonyl (C=O) groups is 2. The lowest BCUT2D eigenvalue weighted by Gasteiger charge is -2.57. The quantitative estimate of drug-likeness (QED) is 0.401. The van der Waals surface area contributed by atoms with Gasteiger partial charge in [-0.3, -0.25) is 9.59 Å².